The molecular weight excluding hydrogens is 266 g/mol. The van der Waals surface area contributed by atoms with Gasteiger partial charge in [-0.3, -0.25) is 0 Å². The van der Waals surface area contributed by atoms with E-state index in [0.29, 0.717) is 17.4 Å². The van der Waals surface area contributed by atoms with Crippen molar-refractivity contribution in [2.24, 2.45) is 0 Å². The number of hydrogen-bond acceptors (Lipinski definition) is 3. The standard InChI is InChI=1S/C17H27NOS/c1-3-11-18-17(15-8-5-4-6-9-15)14(2)20-13-16-10-7-12-19-16/h4-6,8-9,14,16-18H,3,7,10-13H2,1-2H3. The molecule has 0 radical (unpaired) electrons. The number of ether oxygens (including phenoxy) is 1. The quantitative estimate of drug-likeness (QED) is 0.782. The van der Waals surface area contributed by atoms with E-state index in [1.165, 1.54) is 24.8 Å². The lowest BCUT2D eigenvalue weighted by Crippen LogP contribution is -2.30. The fraction of sp³-hybridized carbons (Fsp3) is 0.647. The van der Waals surface area contributed by atoms with Gasteiger partial charge in [0.15, 0.2) is 0 Å². The van der Waals surface area contributed by atoms with Gasteiger partial charge in [-0.2, -0.15) is 11.8 Å². The molecule has 1 saturated heterocycles. The van der Waals surface area contributed by atoms with E-state index in [1.54, 1.807) is 0 Å². The summed E-state index contributed by atoms with van der Waals surface area (Å²) < 4.78 is 5.73. The van der Waals surface area contributed by atoms with E-state index < -0.39 is 0 Å². The van der Waals surface area contributed by atoms with Gasteiger partial charge in [-0.25, -0.2) is 0 Å². The molecule has 2 nitrogen and oxygen atoms in total. The second-order valence-corrected chi connectivity index (χ2v) is 6.93. The first-order chi connectivity index (χ1) is 9.81. The van der Waals surface area contributed by atoms with Crippen LogP contribution < -0.4 is 5.32 Å². The molecule has 0 saturated carbocycles. The first-order valence-electron chi connectivity index (χ1n) is 7.82. The third kappa shape index (κ3) is 4.80. The Morgan fingerprint density at radius 3 is 2.80 bits per heavy atom. The second-order valence-electron chi connectivity index (χ2n) is 5.52. The summed E-state index contributed by atoms with van der Waals surface area (Å²) in [6.07, 6.45) is 4.12. The Kier molecular flexibility index (Phi) is 6.91. The Labute approximate surface area is 127 Å². The zero-order chi connectivity index (χ0) is 14.2. The fourth-order valence-corrected chi connectivity index (χ4v) is 3.87. The maximum atomic E-state index is 5.73. The number of benzene rings is 1. The molecule has 112 valence electrons. The molecule has 3 atom stereocenters. The topological polar surface area (TPSA) is 21.3 Å². The smallest absolute Gasteiger partial charge is 0.0666 e. The van der Waals surface area contributed by atoms with E-state index in [2.05, 4.69) is 49.5 Å². The lowest BCUT2D eigenvalue weighted by molar-refractivity contribution is 0.128. The van der Waals surface area contributed by atoms with Gasteiger partial charge in [-0.05, 0) is 31.4 Å². The van der Waals surface area contributed by atoms with Crippen LogP contribution in [0.15, 0.2) is 30.3 Å². The summed E-state index contributed by atoms with van der Waals surface area (Å²) in [5, 5.41) is 4.26. The van der Waals surface area contributed by atoms with E-state index in [4.69, 9.17) is 4.74 Å². The normalized spacial score (nSPS) is 21.8. The van der Waals surface area contributed by atoms with Crippen molar-refractivity contribution in [2.75, 3.05) is 18.9 Å². The van der Waals surface area contributed by atoms with Gasteiger partial charge in [-0.1, -0.05) is 44.2 Å². The van der Waals surface area contributed by atoms with Gasteiger partial charge in [0.25, 0.3) is 0 Å². The largest absolute Gasteiger partial charge is 0.377 e. The highest BCUT2D eigenvalue weighted by Gasteiger charge is 2.22. The van der Waals surface area contributed by atoms with Crippen LogP contribution in [-0.2, 0) is 4.74 Å². The third-order valence-electron chi connectivity index (χ3n) is 3.81. The summed E-state index contributed by atoms with van der Waals surface area (Å²) in [5.74, 6) is 1.12. The molecule has 0 aliphatic carbocycles. The van der Waals surface area contributed by atoms with Gasteiger partial charge in [0.2, 0.25) is 0 Å². The van der Waals surface area contributed by atoms with Crippen molar-refractivity contribution in [3.63, 3.8) is 0 Å². The third-order valence-corrected chi connectivity index (χ3v) is 5.17. The van der Waals surface area contributed by atoms with Crippen LogP contribution in [0.2, 0.25) is 0 Å². The number of hydrogen-bond donors (Lipinski definition) is 1. The first-order valence-corrected chi connectivity index (χ1v) is 8.87. The lowest BCUT2D eigenvalue weighted by Gasteiger charge is -2.26. The molecule has 1 N–H and O–H groups in total. The average molecular weight is 293 g/mol. The molecule has 1 heterocycles. The predicted octanol–water partition coefficient (Wildman–Crippen LogP) is 4.03. The van der Waals surface area contributed by atoms with Crippen molar-refractivity contribution in [1.29, 1.82) is 0 Å². The molecule has 1 aliphatic rings. The monoisotopic (exact) mass is 293 g/mol. The van der Waals surface area contributed by atoms with Crippen molar-refractivity contribution >= 4 is 11.8 Å². The van der Waals surface area contributed by atoms with Gasteiger partial charge in [0.05, 0.1) is 6.10 Å². The molecule has 20 heavy (non-hydrogen) atoms. The van der Waals surface area contributed by atoms with Crippen LogP contribution in [0, 0.1) is 0 Å². The summed E-state index contributed by atoms with van der Waals surface area (Å²) in [5.41, 5.74) is 1.40. The highest BCUT2D eigenvalue weighted by atomic mass is 32.2. The Balaban J connectivity index is 1.90. The summed E-state index contributed by atoms with van der Waals surface area (Å²) in [7, 11) is 0. The van der Waals surface area contributed by atoms with Crippen LogP contribution in [0.25, 0.3) is 0 Å². The van der Waals surface area contributed by atoms with Gasteiger partial charge in [-0.15, -0.1) is 0 Å². The summed E-state index contributed by atoms with van der Waals surface area (Å²) in [4.78, 5) is 0. The van der Waals surface area contributed by atoms with Gasteiger partial charge in [0.1, 0.15) is 0 Å². The second kappa shape index (κ2) is 8.71. The zero-order valence-corrected chi connectivity index (χ0v) is 13.5. The van der Waals surface area contributed by atoms with Crippen LogP contribution in [-0.4, -0.2) is 30.3 Å². The minimum absolute atomic E-state index is 0.433. The van der Waals surface area contributed by atoms with E-state index in [-0.39, 0.29) is 0 Å². The van der Waals surface area contributed by atoms with Gasteiger partial charge in [0, 0.05) is 23.7 Å². The molecule has 0 amide bonds. The Morgan fingerprint density at radius 1 is 1.35 bits per heavy atom. The fourth-order valence-electron chi connectivity index (χ4n) is 2.65. The number of thioether (sulfide) groups is 1. The van der Waals surface area contributed by atoms with E-state index in [9.17, 15) is 0 Å². The maximum Gasteiger partial charge on any atom is 0.0666 e. The van der Waals surface area contributed by atoms with Crippen molar-refractivity contribution in [2.45, 2.75) is 50.5 Å². The van der Waals surface area contributed by atoms with Crippen LogP contribution in [0.3, 0.4) is 0 Å². The molecule has 1 aromatic carbocycles. The average Bonchev–Trinajstić information content (AvgIpc) is 3.00. The minimum atomic E-state index is 0.433. The first kappa shape index (κ1) is 15.9. The van der Waals surface area contributed by atoms with Crippen molar-refractivity contribution < 1.29 is 4.74 Å². The molecule has 0 spiro atoms. The Bertz CT molecular complexity index is 365. The maximum absolute atomic E-state index is 5.73. The van der Waals surface area contributed by atoms with E-state index in [0.717, 1.165) is 18.9 Å². The van der Waals surface area contributed by atoms with Crippen LogP contribution in [0.1, 0.15) is 44.7 Å². The number of nitrogens with one attached hydrogen (secondary N) is 1. The minimum Gasteiger partial charge on any atom is -0.377 e. The van der Waals surface area contributed by atoms with Crippen LogP contribution >= 0.6 is 11.8 Å². The van der Waals surface area contributed by atoms with E-state index >= 15 is 0 Å². The van der Waals surface area contributed by atoms with Gasteiger partial charge < -0.3 is 10.1 Å². The molecule has 1 aromatic rings. The van der Waals surface area contributed by atoms with Crippen molar-refractivity contribution in [3.05, 3.63) is 35.9 Å². The van der Waals surface area contributed by atoms with Crippen molar-refractivity contribution in [1.82, 2.24) is 5.32 Å². The molecule has 0 bridgehead atoms. The molecule has 1 aliphatic heterocycles. The Morgan fingerprint density at radius 2 is 2.15 bits per heavy atom. The molecule has 3 unspecified atom stereocenters. The zero-order valence-electron chi connectivity index (χ0n) is 12.7. The SMILES string of the molecule is CCCNC(c1ccccc1)C(C)SCC1CCCO1. The summed E-state index contributed by atoms with van der Waals surface area (Å²) >= 11 is 2.04. The predicted molar refractivity (Wildman–Crippen MR) is 88.4 cm³/mol. The molecule has 3 heteroatoms. The molecular formula is C17H27NOS. The van der Waals surface area contributed by atoms with Gasteiger partial charge >= 0.3 is 0 Å². The van der Waals surface area contributed by atoms with Crippen LogP contribution in [0.4, 0.5) is 0 Å². The summed E-state index contributed by atoms with van der Waals surface area (Å²) in [6, 6.07) is 11.3. The molecule has 0 aromatic heterocycles. The molecule has 2 rings (SSSR count). The summed E-state index contributed by atoms with van der Waals surface area (Å²) in [6.45, 7) is 6.58. The van der Waals surface area contributed by atoms with Crippen molar-refractivity contribution in [3.8, 4) is 0 Å². The lowest BCUT2D eigenvalue weighted by atomic mass is 10.0. The Hall–Kier alpha value is -0.510. The van der Waals surface area contributed by atoms with E-state index in [1.807, 2.05) is 11.8 Å². The highest BCUT2D eigenvalue weighted by Crippen LogP contribution is 2.29. The highest BCUT2D eigenvalue weighted by molar-refractivity contribution is 7.99. The number of rotatable bonds is 8. The van der Waals surface area contributed by atoms with Crippen LogP contribution in [0.5, 0.6) is 0 Å². The molecule has 1 fully saturated rings.